The quantitative estimate of drug-likeness (QED) is 0.926. The summed E-state index contributed by atoms with van der Waals surface area (Å²) in [5, 5.41) is 2.70. The Hall–Kier alpha value is -1.10. The van der Waals surface area contributed by atoms with E-state index in [0.717, 1.165) is 17.9 Å². The molecule has 90 valence electrons. The molecule has 2 N–H and O–H groups in total. The van der Waals surface area contributed by atoms with Gasteiger partial charge < -0.3 is 10.6 Å². The van der Waals surface area contributed by atoms with Crippen LogP contribution in [-0.4, -0.2) is 12.0 Å². The van der Waals surface area contributed by atoms with E-state index in [0.29, 0.717) is 11.6 Å². The number of anilines is 1. The molecular weight excluding hydrogens is 254 g/mol. The highest BCUT2D eigenvalue weighted by atomic mass is 35.5. The first-order valence-corrected chi connectivity index (χ1v) is 6.54. The zero-order valence-electron chi connectivity index (χ0n) is 9.56. The Kier molecular flexibility index (Phi) is 3.99. The summed E-state index contributed by atoms with van der Waals surface area (Å²) in [6.07, 6.45) is 1.66. The molecule has 0 spiro atoms. The van der Waals surface area contributed by atoms with E-state index < -0.39 is 0 Å². The second-order valence-corrected chi connectivity index (χ2v) is 5.21. The maximum atomic E-state index is 5.98. The number of thiophene rings is 1. The van der Waals surface area contributed by atoms with Crippen LogP contribution < -0.4 is 10.6 Å². The maximum Gasteiger partial charge on any atom is 0.128 e. The Labute approximate surface area is 110 Å². The van der Waals surface area contributed by atoms with Crippen LogP contribution in [-0.2, 0) is 13.1 Å². The minimum Gasteiger partial charge on any atom is -0.355 e. The summed E-state index contributed by atoms with van der Waals surface area (Å²) in [5.41, 5.74) is 6.55. The first-order valence-electron chi connectivity index (χ1n) is 5.28. The van der Waals surface area contributed by atoms with Crippen LogP contribution in [0, 0.1) is 0 Å². The van der Waals surface area contributed by atoms with Crippen molar-refractivity contribution in [1.29, 1.82) is 0 Å². The van der Waals surface area contributed by atoms with Gasteiger partial charge in [-0.3, -0.25) is 0 Å². The van der Waals surface area contributed by atoms with Crippen molar-refractivity contribution in [2.45, 2.75) is 13.1 Å². The summed E-state index contributed by atoms with van der Waals surface area (Å²) in [6.45, 7) is 1.28. The van der Waals surface area contributed by atoms with Gasteiger partial charge in [0.15, 0.2) is 0 Å². The lowest BCUT2D eigenvalue weighted by molar-refractivity contribution is 0.906. The largest absolute Gasteiger partial charge is 0.355 e. The van der Waals surface area contributed by atoms with Crippen LogP contribution in [0.4, 0.5) is 5.82 Å². The van der Waals surface area contributed by atoms with Crippen molar-refractivity contribution in [1.82, 2.24) is 4.98 Å². The van der Waals surface area contributed by atoms with Gasteiger partial charge in [0.25, 0.3) is 0 Å². The maximum absolute atomic E-state index is 5.98. The van der Waals surface area contributed by atoms with E-state index >= 15 is 0 Å². The van der Waals surface area contributed by atoms with Gasteiger partial charge in [0.05, 0.1) is 11.6 Å². The predicted molar refractivity (Wildman–Crippen MR) is 73.6 cm³/mol. The molecule has 0 aliphatic heterocycles. The average molecular weight is 268 g/mol. The Bertz CT molecular complexity index is 485. The highest BCUT2D eigenvalue weighted by molar-refractivity contribution is 7.09. The molecule has 0 aromatic carbocycles. The summed E-state index contributed by atoms with van der Waals surface area (Å²) < 4.78 is 0. The molecule has 0 saturated heterocycles. The topological polar surface area (TPSA) is 42.1 Å². The number of rotatable bonds is 4. The van der Waals surface area contributed by atoms with E-state index in [1.807, 2.05) is 13.1 Å². The number of aromatic nitrogens is 1. The third-order valence-electron chi connectivity index (χ3n) is 2.50. The average Bonchev–Trinajstić information content (AvgIpc) is 2.82. The van der Waals surface area contributed by atoms with Crippen LogP contribution >= 0.6 is 22.9 Å². The molecule has 0 saturated carbocycles. The number of nitrogens with zero attached hydrogens (tertiary/aromatic N) is 2. The van der Waals surface area contributed by atoms with Gasteiger partial charge in [0.1, 0.15) is 5.82 Å². The molecule has 5 heteroatoms. The van der Waals surface area contributed by atoms with Gasteiger partial charge in [-0.15, -0.1) is 11.3 Å². The fourth-order valence-corrected chi connectivity index (χ4v) is 2.49. The van der Waals surface area contributed by atoms with Gasteiger partial charge in [-0.05, 0) is 23.1 Å². The van der Waals surface area contributed by atoms with Crippen molar-refractivity contribution in [2.24, 2.45) is 5.73 Å². The van der Waals surface area contributed by atoms with Gasteiger partial charge >= 0.3 is 0 Å². The van der Waals surface area contributed by atoms with Crippen molar-refractivity contribution in [2.75, 3.05) is 11.9 Å². The number of hydrogen-bond acceptors (Lipinski definition) is 4. The highest BCUT2D eigenvalue weighted by Crippen LogP contribution is 2.21. The fraction of sp³-hybridized carbons (Fsp3) is 0.250. The summed E-state index contributed by atoms with van der Waals surface area (Å²) >= 11 is 7.72. The lowest BCUT2D eigenvalue weighted by atomic mass is 10.2. The summed E-state index contributed by atoms with van der Waals surface area (Å²) in [4.78, 5) is 7.70. The van der Waals surface area contributed by atoms with Crippen molar-refractivity contribution >= 4 is 28.8 Å². The molecule has 3 nitrogen and oxygen atoms in total. The Morgan fingerprint density at radius 1 is 1.53 bits per heavy atom. The lowest BCUT2D eigenvalue weighted by Crippen LogP contribution is -2.17. The SMILES string of the molecule is CN(Cc1cccs1)c1cc(CN)c(Cl)cn1. The van der Waals surface area contributed by atoms with Crippen molar-refractivity contribution < 1.29 is 0 Å². The minimum atomic E-state index is 0.432. The van der Waals surface area contributed by atoms with Crippen LogP contribution in [0.15, 0.2) is 29.8 Å². The van der Waals surface area contributed by atoms with Gasteiger partial charge in [0, 0.05) is 24.7 Å². The molecule has 2 aromatic heterocycles. The van der Waals surface area contributed by atoms with Crippen LogP contribution in [0.1, 0.15) is 10.4 Å². The smallest absolute Gasteiger partial charge is 0.128 e. The zero-order valence-corrected chi connectivity index (χ0v) is 11.1. The normalized spacial score (nSPS) is 10.5. The molecule has 17 heavy (non-hydrogen) atoms. The number of nitrogens with two attached hydrogens (primary N) is 1. The first-order chi connectivity index (χ1) is 8.20. The van der Waals surface area contributed by atoms with E-state index in [2.05, 4.69) is 27.4 Å². The lowest BCUT2D eigenvalue weighted by Gasteiger charge is -2.18. The molecule has 0 aliphatic carbocycles. The molecule has 0 amide bonds. The van der Waals surface area contributed by atoms with Gasteiger partial charge in [-0.25, -0.2) is 4.98 Å². The van der Waals surface area contributed by atoms with E-state index in [4.69, 9.17) is 17.3 Å². The number of pyridine rings is 1. The van der Waals surface area contributed by atoms with Crippen LogP contribution in [0.25, 0.3) is 0 Å². The molecule has 0 fully saturated rings. The van der Waals surface area contributed by atoms with E-state index in [-0.39, 0.29) is 0 Å². The Morgan fingerprint density at radius 3 is 3.00 bits per heavy atom. The third kappa shape index (κ3) is 2.97. The van der Waals surface area contributed by atoms with Crippen molar-refractivity contribution in [3.05, 3.63) is 45.2 Å². The zero-order chi connectivity index (χ0) is 12.3. The number of halogens is 1. The Morgan fingerprint density at radius 2 is 2.35 bits per heavy atom. The summed E-state index contributed by atoms with van der Waals surface area (Å²) in [7, 11) is 2.01. The second kappa shape index (κ2) is 5.49. The molecule has 2 heterocycles. The molecular formula is C12H14ClN3S. The second-order valence-electron chi connectivity index (χ2n) is 3.77. The summed E-state index contributed by atoms with van der Waals surface area (Å²) in [5.74, 6) is 0.892. The van der Waals surface area contributed by atoms with Crippen molar-refractivity contribution in [3.63, 3.8) is 0 Å². The van der Waals surface area contributed by atoms with Crippen LogP contribution in [0.3, 0.4) is 0 Å². The monoisotopic (exact) mass is 267 g/mol. The predicted octanol–water partition coefficient (Wildman–Crippen LogP) is 2.89. The van der Waals surface area contributed by atoms with Gasteiger partial charge in [0.2, 0.25) is 0 Å². The van der Waals surface area contributed by atoms with E-state index in [1.54, 1.807) is 17.5 Å². The highest BCUT2D eigenvalue weighted by Gasteiger charge is 2.07. The van der Waals surface area contributed by atoms with Gasteiger partial charge in [-0.2, -0.15) is 0 Å². The third-order valence-corrected chi connectivity index (χ3v) is 3.71. The van der Waals surface area contributed by atoms with E-state index in [1.165, 1.54) is 4.88 Å². The van der Waals surface area contributed by atoms with E-state index in [9.17, 15) is 0 Å². The molecule has 2 aromatic rings. The van der Waals surface area contributed by atoms with Crippen LogP contribution in [0.5, 0.6) is 0 Å². The Balaban J connectivity index is 2.16. The first kappa shape index (κ1) is 12.4. The minimum absolute atomic E-state index is 0.432. The molecule has 2 rings (SSSR count). The van der Waals surface area contributed by atoms with Crippen molar-refractivity contribution in [3.8, 4) is 0 Å². The molecule has 0 radical (unpaired) electrons. The molecule has 0 unspecified atom stereocenters. The molecule has 0 bridgehead atoms. The van der Waals surface area contributed by atoms with Crippen LogP contribution in [0.2, 0.25) is 5.02 Å². The number of hydrogen-bond donors (Lipinski definition) is 1. The summed E-state index contributed by atoms with van der Waals surface area (Å²) in [6, 6.07) is 6.10. The molecule has 0 atom stereocenters. The fourth-order valence-electron chi connectivity index (χ4n) is 1.55. The molecule has 0 aliphatic rings. The van der Waals surface area contributed by atoms with Gasteiger partial charge in [-0.1, -0.05) is 17.7 Å². The standard InChI is InChI=1S/C12H14ClN3S/c1-16(8-10-3-2-4-17-10)12-5-9(6-14)11(13)7-15-12/h2-5,7H,6,8,14H2,1H3.